The van der Waals surface area contributed by atoms with Crippen LogP contribution < -0.4 is 0 Å². The number of aryl methyl sites for hydroxylation is 2. The minimum Gasteiger partial charge on any atom is -0.388 e. The molecule has 0 aromatic heterocycles. The van der Waals surface area contributed by atoms with E-state index in [1.165, 1.54) is 5.56 Å². The van der Waals surface area contributed by atoms with Crippen LogP contribution in [0.1, 0.15) is 35.6 Å². The molecule has 0 fully saturated rings. The number of aliphatic hydroxyl groups is 1. The van der Waals surface area contributed by atoms with Crippen molar-refractivity contribution < 1.29 is 5.11 Å². The van der Waals surface area contributed by atoms with Gasteiger partial charge in [-0.25, -0.2) is 0 Å². The SMILES string of the molecule is Cc1ccc(C)c(C(O)CCCCl)c1. The molecule has 0 saturated carbocycles. The summed E-state index contributed by atoms with van der Waals surface area (Å²) in [6, 6.07) is 6.16. The Balaban J connectivity index is 2.77. The van der Waals surface area contributed by atoms with Crippen molar-refractivity contribution in [1.82, 2.24) is 0 Å². The van der Waals surface area contributed by atoms with Gasteiger partial charge in [0.05, 0.1) is 6.10 Å². The van der Waals surface area contributed by atoms with Crippen molar-refractivity contribution in [3.05, 3.63) is 34.9 Å². The van der Waals surface area contributed by atoms with Crippen molar-refractivity contribution in [2.75, 3.05) is 5.88 Å². The van der Waals surface area contributed by atoms with Gasteiger partial charge in [0.2, 0.25) is 0 Å². The lowest BCUT2D eigenvalue weighted by Crippen LogP contribution is -2.00. The summed E-state index contributed by atoms with van der Waals surface area (Å²) in [5.41, 5.74) is 3.38. The van der Waals surface area contributed by atoms with Crippen LogP contribution in [0.15, 0.2) is 18.2 Å². The van der Waals surface area contributed by atoms with Crippen LogP contribution in [0.4, 0.5) is 0 Å². The molecule has 0 aliphatic heterocycles. The maximum absolute atomic E-state index is 9.90. The van der Waals surface area contributed by atoms with Gasteiger partial charge in [0, 0.05) is 5.88 Å². The highest BCUT2D eigenvalue weighted by Crippen LogP contribution is 2.23. The van der Waals surface area contributed by atoms with Crippen LogP contribution >= 0.6 is 11.6 Å². The third kappa shape index (κ3) is 3.00. The molecule has 0 aliphatic rings. The van der Waals surface area contributed by atoms with E-state index in [1.54, 1.807) is 0 Å². The quantitative estimate of drug-likeness (QED) is 0.759. The molecule has 1 N–H and O–H groups in total. The molecule has 1 aromatic rings. The fourth-order valence-electron chi connectivity index (χ4n) is 1.54. The standard InChI is InChI=1S/C12H17ClO/c1-9-5-6-10(2)11(8-9)12(14)4-3-7-13/h5-6,8,12,14H,3-4,7H2,1-2H3. The summed E-state index contributed by atoms with van der Waals surface area (Å²) in [4.78, 5) is 0. The van der Waals surface area contributed by atoms with Crippen molar-refractivity contribution in [1.29, 1.82) is 0 Å². The normalized spacial score (nSPS) is 12.9. The van der Waals surface area contributed by atoms with Crippen molar-refractivity contribution >= 4 is 11.6 Å². The van der Waals surface area contributed by atoms with Gasteiger partial charge in [-0.1, -0.05) is 23.8 Å². The Morgan fingerprint density at radius 2 is 2.07 bits per heavy atom. The monoisotopic (exact) mass is 212 g/mol. The predicted octanol–water partition coefficient (Wildman–Crippen LogP) is 3.36. The topological polar surface area (TPSA) is 20.2 Å². The molecule has 0 amide bonds. The second-order valence-corrected chi connectivity index (χ2v) is 4.09. The van der Waals surface area contributed by atoms with E-state index in [-0.39, 0.29) is 6.10 Å². The maximum Gasteiger partial charge on any atom is 0.0793 e. The first-order valence-electron chi connectivity index (χ1n) is 4.96. The maximum atomic E-state index is 9.90. The second kappa shape index (κ2) is 5.38. The summed E-state index contributed by atoms with van der Waals surface area (Å²) in [6.45, 7) is 4.07. The summed E-state index contributed by atoms with van der Waals surface area (Å²) in [7, 11) is 0. The number of rotatable bonds is 4. The van der Waals surface area contributed by atoms with Crippen molar-refractivity contribution in [3.63, 3.8) is 0 Å². The van der Waals surface area contributed by atoms with Gasteiger partial charge in [0.15, 0.2) is 0 Å². The molecule has 0 bridgehead atoms. The first-order chi connectivity index (χ1) is 6.65. The van der Waals surface area contributed by atoms with Gasteiger partial charge in [-0.2, -0.15) is 0 Å². The average Bonchev–Trinajstić information content (AvgIpc) is 2.18. The van der Waals surface area contributed by atoms with Crippen LogP contribution in [-0.4, -0.2) is 11.0 Å². The zero-order valence-corrected chi connectivity index (χ0v) is 9.51. The lowest BCUT2D eigenvalue weighted by molar-refractivity contribution is 0.166. The van der Waals surface area contributed by atoms with E-state index in [2.05, 4.69) is 12.1 Å². The van der Waals surface area contributed by atoms with Gasteiger partial charge < -0.3 is 5.11 Å². The molecule has 0 spiro atoms. The first kappa shape index (κ1) is 11.5. The van der Waals surface area contributed by atoms with E-state index < -0.39 is 0 Å². The smallest absolute Gasteiger partial charge is 0.0793 e. The first-order valence-corrected chi connectivity index (χ1v) is 5.49. The largest absolute Gasteiger partial charge is 0.388 e. The molecule has 0 aliphatic carbocycles. The Bertz CT molecular complexity index is 296. The molecule has 1 nitrogen and oxygen atoms in total. The number of alkyl halides is 1. The molecule has 1 atom stereocenters. The zero-order valence-electron chi connectivity index (χ0n) is 8.76. The van der Waals surface area contributed by atoms with Gasteiger partial charge in [-0.05, 0) is 37.8 Å². The highest BCUT2D eigenvalue weighted by atomic mass is 35.5. The molecule has 0 heterocycles. The molecule has 1 rings (SSSR count). The number of halogens is 1. The third-order valence-electron chi connectivity index (χ3n) is 2.40. The van der Waals surface area contributed by atoms with Crippen molar-refractivity contribution in [3.8, 4) is 0 Å². The lowest BCUT2D eigenvalue weighted by atomic mass is 9.98. The Kier molecular flexibility index (Phi) is 4.43. The highest BCUT2D eigenvalue weighted by Gasteiger charge is 2.09. The van der Waals surface area contributed by atoms with E-state index in [1.807, 2.05) is 19.9 Å². The fraction of sp³-hybridized carbons (Fsp3) is 0.500. The van der Waals surface area contributed by atoms with Gasteiger partial charge in [-0.3, -0.25) is 0 Å². The number of hydrogen-bond acceptors (Lipinski definition) is 1. The van der Waals surface area contributed by atoms with Crippen LogP contribution in [-0.2, 0) is 0 Å². The Morgan fingerprint density at radius 1 is 1.36 bits per heavy atom. The van der Waals surface area contributed by atoms with E-state index in [9.17, 15) is 5.11 Å². The average molecular weight is 213 g/mol. The van der Waals surface area contributed by atoms with Gasteiger partial charge >= 0.3 is 0 Å². The number of aliphatic hydroxyl groups excluding tert-OH is 1. The summed E-state index contributed by atoms with van der Waals surface area (Å²) < 4.78 is 0. The van der Waals surface area contributed by atoms with Crippen molar-refractivity contribution in [2.24, 2.45) is 0 Å². The second-order valence-electron chi connectivity index (χ2n) is 3.71. The van der Waals surface area contributed by atoms with E-state index in [0.29, 0.717) is 5.88 Å². The summed E-state index contributed by atoms with van der Waals surface area (Å²) in [5, 5.41) is 9.90. The van der Waals surface area contributed by atoms with Crippen LogP contribution in [0.3, 0.4) is 0 Å². The summed E-state index contributed by atoms with van der Waals surface area (Å²) in [6.07, 6.45) is 1.23. The summed E-state index contributed by atoms with van der Waals surface area (Å²) in [5.74, 6) is 0.613. The molecule has 78 valence electrons. The Morgan fingerprint density at radius 3 is 2.71 bits per heavy atom. The van der Waals surface area contributed by atoms with Crippen LogP contribution in [0.25, 0.3) is 0 Å². The fourth-order valence-corrected chi connectivity index (χ4v) is 1.70. The van der Waals surface area contributed by atoms with E-state index in [4.69, 9.17) is 11.6 Å². The molecule has 1 aromatic carbocycles. The molecule has 14 heavy (non-hydrogen) atoms. The van der Waals surface area contributed by atoms with Crippen LogP contribution in [0.2, 0.25) is 0 Å². The molecular formula is C12H17ClO. The van der Waals surface area contributed by atoms with Crippen LogP contribution in [0, 0.1) is 13.8 Å². The third-order valence-corrected chi connectivity index (χ3v) is 2.67. The van der Waals surface area contributed by atoms with E-state index in [0.717, 1.165) is 24.0 Å². The molecule has 0 saturated heterocycles. The summed E-state index contributed by atoms with van der Waals surface area (Å²) >= 11 is 5.59. The van der Waals surface area contributed by atoms with E-state index >= 15 is 0 Å². The molecule has 2 heteroatoms. The van der Waals surface area contributed by atoms with Gasteiger partial charge in [0.25, 0.3) is 0 Å². The molecule has 1 unspecified atom stereocenters. The Labute approximate surface area is 90.7 Å². The molecular weight excluding hydrogens is 196 g/mol. The van der Waals surface area contributed by atoms with Crippen molar-refractivity contribution in [2.45, 2.75) is 32.8 Å². The highest BCUT2D eigenvalue weighted by molar-refractivity contribution is 6.17. The zero-order chi connectivity index (χ0) is 10.6. The van der Waals surface area contributed by atoms with Gasteiger partial charge in [-0.15, -0.1) is 11.6 Å². The van der Waals surface area contributed by atoms with Crippen LogP contribution in [0.5, 0.6) is 0 Å². The predicted molar refractivity (Wildman–Crippen MR) is 60.8 cm³/mol. The van der Waals surface area contributed by atoms with Gasteiger partial charge in [0.1, 0.15) is 0 Å². The minimum absolute atomic E-state index is 0.367. The lowest BCUT2D eigenvalue weighted by Gasteiger charge is -2.13. The minimum atomic E-state index is -0.367. The molecule has 0 radical (unpaired) electrons. The Hall–Kier alpha value is -0.530. The number of hydrogen-bond donors (Lipinski definition) is 1. The number of benzene rings is 1.